The fourth-order valence-corrected chi connectivity index (χ4v) is 12.1. The number of carbonyl (C=O) groups excluding carboxylic acids is 1. The van der Waals surface area contributed by atoms with E-state index in [2.05, 4.69) is 54.3 Å². The fraction of sp³-hybridized carbons (Fsp3) is 0.816. The zero-order valence-corrected chi connectivity index (χ0v) is 30.2. The Kier molecular flexibility index (Phi) is 8.89. The van der Waals surface area contributed by atoms with Crippen molar-refractivity contribution in [1.29, 1.82) is 0 Å². The van der Waals surface area contributed by atoms with Crippen molar-refractivity contribution in [2.75, 3.05) is 13.2 Å². The van der Waals surface area contributed by atoms with E-state index in [0.29, 0.717) is 36.1 Å². The molecule has 2 unspecified atom stereocenters. The summed E-state index contributed by atoms with van der Waals surface area (Å²) in [7, 11) is 0. The predicted molar refractivity (Wildman–Crippen MR) is 183 cm³/mol. The second-order valence-electron chi connectivity index (χ2n) is 17.3. The summed E-state index contributed by atoms with van der Waals surface area (Å²) in [4.78, 5) is 14.5. The molecule has 12 heteroatoms. The van der Waals surface area contributed by atoms with Gasteiger partial charge in [-0.15, -0.1) is 5.10 Å². The lowest BCUT2D eigenvalue weighted by molar-refractivity contribution is -0.219. The molecule has 1 aromatic rings. The Morgan fingerprint density at radius 3 is 2.70 bits per heavy atom. The van der Waals surface area contributed by atoms with Gasteiger partial charge in [0, 0.05) is 32.0 Å². The van der Waals surface area contributed by atoms with E-state index in [1.165, 1.54) is 29.2 Å². The van der Waals surface area contributed by atoms with Crippen molar-refractivity contribution in [3.05, 3.63) is 34.7 Å². The van der Waals surface area contributed by atoms with Crippen LogP contribution in [0.3, 0.4) is 0 Å². The monoisotopic (exact) mass is 695 g/mol. The van der Waals surface area contributed by atoms with Crippen LogP contribution in [0.25, 0.3) is 0 Å². The van der Waals surface area contributed by atoms with Gasteiger partial charge in [0.05, 0.1) is 36.3 Å². The Balaban J connectivity index is 1.03. The maximum absolute atomic E-state index is 12.0. The van der Waals surface area contributed by atoms with Crippen LogP contribution in [0, 0.1) is 35.0 Å². The molecule has 1 spiro atoms. The molecule has 1 amide bonds. The van der Waals surface area contributed by atoms with Crippen LogP contribution >= 0.6 is 0 Å². The lowest BCUT2D eigenvalue weighted by atomic mass is 9.56. The minimum Gasteiger partial charge on any atom is -0.394 e. The third-order valence-electron chi connectivity index (χ3n) is 14.6. The van der Waals surface area contributed by atoms with Gasteiger partial charge in [-0.3, -0.25) is 9.69 Å². The van der Waals surface area contributed by atoms with Crippen LogP contribution in [0.15, 0.2) is 29.0 Å². The molecule has 1 aromatic heterocycles. The summed E-state index contributed by atoms with van der Waals surface area (Å²) in [6.07, 6.45) is 7.93. The van der Waals surface area contributed by atoms with E-state index in [1.807, 2.05) is 0 Å². The molecule has 0 radical (unpaired) electrons. The number of nitrogens with zero attached hydrogens (tertiary/aromatic N) is 4. The third kappa shape index (κ3) is 5.38. The van der Waals surface area contributed by atoms with Crippen molar-refractivity contribution >= 4 is 5.91 Å². The van der Waals surface area contributed by atoms with Crippen LogP contribution in [0.2, 0.25) is 0 Å². The van der Waals surface area contributed by atoms with Crippen LogP contribution in [-0.2, 0) is 20.8 Å². The first-order valence-electron chi connectivity index (χ1n) is 19.1. The molecular formula is C38H57N5O7. The largest absolute Gasteiger partial charge is 0.394 e. The van der Waals surface area contributed by atoms with Crippen molar-refractivity contribution in [3.63, 3.8) is 0 Å². The first-order chi connectivity index (χ1) is 23.8. The molecule has 8 rings (SSSR count). The van der Waals surface area contributed by atoms with Crippen LogP contribution in [0.5, 0.6) is 0 Å². The number of hydrogen-bond donors (Lipinski definition) is 5. The number of amides is 1. The van der Waals surface area contributed by atoms with E-state index in [4.69, 9.17) is 9.47 Å². The number of fused-ring (bicyclic) bond motifs is 6. The third-order valence-corrected chi connectivity index (χ3v) is 14.6. The molecule has 2 saturated carbocycles. The van der Waals surface area contributed by atoms with Gasteiger partial charge >= 0.3 is 0 Å². The first-order valence-corrected chi connectivity index (χ1v) is 19.1. The van der Waals surface area contributed by atoms with E-state index in [0.717, 1.165) is 57.2 Å². The zero-order valence-electron chi connectivity index (χ0n) is 30.2. The van der Waals surface area contributed by atoms with Gasteiger partial charge in [0.1, 0.15) is 24.4 Å². The van der Waals surface area contributed by atoms with E-state index < -0.39 is 37.2 Å². The molecule has 4 heterocycles. The summed E-state index contributed by atoms with van der Waals surface area (Å²) in [5.41, 5.74) is 5.32. The number of carbonyl (C=O) groups is 1. The van der Waals surface area contributed by atoms with Crippen molar-refractivity contribution in [1.82, 2.24) is 25.2 Å². The summed E-state index contributed by atoms with van der Waals surface area (Å²) in [6.45, 7) is 11.9. The molecular weight excluding hydrogens is 638 g/mol. The summed E-state index contributed by atoms with van der Waals surface area (Å²) in [5, 5.41) is 53.1. The summed E-state index contributed by atoms with van der Waals surface area (Å²) >= 11 is 0. The Hall–Kier alpha value is -2.19. The molecule has 0 bridgehead atoms. The molecule has 7 aliphatic rings. The Labute approximate surface area is 295 Å². The average Bonchev–Trinajstić information content (AvgIpc) is 3.77. The summed E-state index contributed by atoms with van der Waals surface area (Å²) < 4.78 is 14.8. The number of rotatable bonds is 5. The van der Waals surface area contributed by atoms with Gasteiger partial charge in [0.15, 0.2) is 6.23 Å². The topological polar surface area (TPSA) is 162 Å². The smallest absolute Gasteiger partial charge is 0.217 e. The van der Waals surface area contributed by atoms with Gasteiger partial charge in [0.2, 0.25) is 5.91 Å². The molecule has 3 saturated heterocycles. The summed E-state index contributed by atoms with van der Waals surface area (Å²) in [6, 6.07) is -0.742. The average molecular weight is 696 g/mol. The molecule has 276 valence electrons. The SMILES string of the molecule is CC(=O)N[C@H]1C(O)[C@@H](O)C(CO)O[C@H]1n1cc(CN2C[C@@H](C)C[C@H]3O[C@]4(CC[C@@H]5C(=C4C)C[C@H]4[C@H]5CC=C5C[C@@H](O)CC[C@@]54C)[C@H](C)[C@@H]32)nn1. The quantitative estimate of drug-likeness (QED) is 0.290. The number of aliphatic hydroxyl groups is 4. The first kappa shape index (κ1) is 34.9. The number of aliphatic hydroxyl groups excluding tert-OH is 4. The molecule has 5 N–H and O–H groups in total. The maximum atomic E-state index is 12.0. The number of aromatic nitrogens is 3. The number of piperidine rings is 1. The Morgan fingerprint density at radius 1 is 1.14 bits per heavy atom. The minimum absolute atomic E-state index is 0.123. The molecule has 15 atom stereocenters. The second-order valence-corrected chi connectivity index (χ2v) is 17.3. The summed E-state index contributed by atoms with van der Waals surface area (Å²) in [5.74, 6) is 2.34. The van der Waals surface area contributed by atoms with Crippen molar-refractivity contribution in [3.8, 4) is 0 Å². The number of hydrogen-bond acceptors (Lipinski definition) is 10. The molecule has 3 aliphatic heterocycles. The minimum atomic E-state index is -1.36. The number of allylic oxidation sites excluding steroid dienone is 2. The van der Waals surface area contributed by atoms with Crippen LogP contribution in [0.4, 0.5) is 0 Å². The Morgan fingerprint density at radius 2 is 1.94 bits per heavy atom. The van der Waals surface area contributed by atoms with Gasteiger partial charge in [-0.1, -0.05) is 43.2 Å². The van der Waals surface area contributed by atoms with Gasteiger partial charge in [-0.05, 0) is 93.0 Å². The normalized spacial score (nSPS) is 47.4. The van der Waals surface area contributed by atoms with Crippen molar-refractivity contribution in [2.45, 2.75) is 147 Å². The lowest BCUT2D eigenvalue weighted by Gasteiger charge is -2.49. The molecule has 12 nitrogen and oxygen atoms in total. The highest BCUT2D eigenvalue weighted by atomic mass is 16.5. The van der Waals surface area contributed by atoms with E-state index in [9.17, 15) is 25.2 Å². The van der Waals surface area contributed by atoms with E-state index in [-0.39, 0.29) is 35.2 Å². The van der Waals surface area contributed by atoms with Gasteiger partial charge in [-0.25, -0.2) is 4.68 Å². The highest BCUT2D eigenvalue weighted by Crippen LogP contribution is 2.65. The van der Waals surface area contributed by atoms with Crippen LogP contribution < -0.4 is 5.32 Å². The van der Waals surface area contributed by atoms with Crippen molar-refractivity contribution < 1.29 is 34.7 Å². The standard InChI is InChI=1S/C38H57N5O7/c1-19-12-30-33(42(15-19)16-24-17-43(41-40-24)36-32(39-22(4)45)35(48)34(47)31(18-44)49-36)21(3)38(50-30)11-9-26-27-7-6-23-13-25(46)8-10-37(23,5)29(27)14-28(26)20(38)2/h6,17,19,21,25-27,29-36,44,46-48H,7-16,18H2,1-5H3,(H,39,45)/t19-,21+,25-,26-,27-,29-,30+,31?,32-,33-,34-,35?,36+,37-,38-/m0/s1. The van der Waals surface area contributed by atoms with Gasteiger partial charge in [-0.2, -0.15) is 0 Å². The number of likely N-dealkylation sites (tertiary alicyclic amines) is 1. The fourth-order valence-electron chi connectivity index (χ4n) is 12.1. The van der Waals surface area contributed by atoms with Crippen LogP contribution in [0.1, 0.15) is 97.9 Å². The zero-order chi connectivity index (χ0) is 35.3. The van der Waals surface area contributed by atoms with Gasteiger partial charge in [0.25, 0.3) is 0 Å². The highest BCUT2D eigenvalue weighted by Gasteiger charge is 2.61. The number of ether oxygens (including phenoxy) is 2. The molecule has 50 heavy (non-hydrogen) atoms. The van der Waals surface area contributed by atoms with E-state index >= 15 is 0 Å². The van der Waals surface area contributed by atoms with Gasteiger partial charge < -0.3 is 35.2 Å². The lowest BCUT2D eigenvalue weighted by Crippen LogP contribution is -2.62. The van der Waals surface area contributed by atoms with E-state index in [1.54, 1.807) is 11.8 Å². The second kappa shape index (κ2) is 12.7. The Bertz CT molecular complexity index is 1550. The molecule has 0 aromatic carbocycles. The van der Waals surface area contributed by atoms with Crippen molar-refractivity contribution in [2.24, 2.45) is 35.0 Å². The number of nitrogens with one attached hydrogen (secondary N) is 1. The highest BCUT2D eigenvalue weighted by molar-refractivity contribution is 5.73. The molecule has 4 aliphatic carbocycles. The van der Waals surface area contributed by atoms with Crippen LogP contribution in [-0.4, -0.2) is 108 Å². The maximum Gasteiger partial charge on any atom is 0.217 e. The molecule has 5 fully saturated rings. The predicted octanol–water partition coefficient (Wildman–Crippen LogP) is 2.62.